The summed E-state index contributed by atoms with van der Waals surface area (Å²) in [6, 6.07) is 59.9. The van der Waals surface area contributed by atoms with E-state index in [2.05, 4.69) is 164 Å². The van der Waals surface area contributed by atoms with Gasteiger partial charge in [-0.15, -0.1) is 0 Å². The van der Waals surface area contributed by atoms with Crippen LogP contribution in [0.1, 0.15) is 5.56 Å². The summed E-state index contributed by atoms with van der Waals surface area (Å²) in [4.78, 5) is 0. The third kappa shape index (κ3) is 4.48. The van der Waals surface area contributed by atoms with E-state index in [1.807, 2.05) is 0 Å². The highest BCUT2D eigenvalue weighted by molar-refractivity contribution is 7.95. The molecule has 0 aromatic heterocycles. The Morgan fingerprint density at radius 1 is 0.452 bits per heavy atom. The number of hydrogen-bond acceptors (Lipinski definition) is 1. The molecule has 7 aromatic carbocycles. The molecule has 1 nitrogen and oxygen atoms in total. The predicted molar refractivity (Wildman–Crippen MR) is 182 cm³/mol. The lowest BCUT2D eigenvalue weighted by molar-refractivity contribution is 0.417. The van der Waals surface area contributed by atoms with Crippen molar-refractivity contribution in [1.82, 2.24) is 0 Å². The van der Waals surface area contributed by atoms with Gasteiger partial charge in [0.05, 0.1) is 13.3 Å². The second kappa shape index (κ2) is 11.3. The summed E-state index contributed by atoms with van der Waals surface area (Å²) >= 11 is 0. The molecule has 202 valence electrons. The van der Waals surface area contributed by atoms with Crippen LogP contribution in [-0.2, 0) is 6.16 Å². The van der Waals surface area contributed by atoms with Crippen LogP contribution in [0.2, 0.25) is 0 Å². The maximum Gasteiger partial charge on any atom is 0.127 e. The van der Waals surface area contributed by atoms with Crippen LogP contribution in [0.5, 0.6) is 5.75 Å². The summed E-state index contributed by atoms with van der Waals surface area (Å²) in [5.74, 6) is 0.894. The fourth-order valence-electron chi connectivity index (χ4n) is 6.44. The van der Waals surface area contributed by atoms with Crippen molar-refractivity contribution in [2.45, 2.75) is 6.16 Å². The van der Waals surface area contributed by atoms with Crippen molar-refractivity contribution in [2.75, 3.05) is 7.11 Å². The van der Waals surface area contributed by atoms with Gasteiger partial charge in [-0.3, -0.25) is 0 Å². The molecule has 0 spiro atoms. The van der Waals surface area contributed by atoms with Crippen LogP contribution < -0.4 is 20.7 Å². The highest BCUT2D eigenvalue weighted by Gasteiger charge is 2.48. The van der Waals surface area contributed by atoms with E-state index in [1.165, 1.54) is 48.6 Å². The van der Waals surface area contributed by atoms with Gasteiger partial charge < -0.3 is 4.74 Å². The molecule has 0 N–H and O–H groups in total. The van der Waals surface area contributed by atoms with Crippen molar-refractivity contribution < 1.29 is 4.74 Å². The summed E-state index contributed by atoms with van der Waals surface area (Å²) in [5.41, 5.74) is 3.76. The summed E-state index contributed by atoms with van der Waals surface area (Å²) in [5, 5.41) is 9.00. The summed E-state index contributed by atoms with van der Waals surface area (Å²) in [6.45, 7) is 0. The first-order valence-electron chi connectivity index (χ1n) is 14.4. The van der Waals surface area contributed by atoms with E-state index >= 15 is 0 Å². The van der Waals surface area contributed by atoms with Crippen LogP contribution in [0.15, 0.2) is 164 Å². The average Bonchev–Trinajstić information content (AvgIpc) is 3.07. The highest BCUT2D eigenvalue weighted by Crippen LogP contribution is 2.61. The van der Waals surface area contributed by atoms with Gasteiger partial charge in [-0.25, -0.2) is 0 Å². The van der Waals surface area contributed by atoms with Crippen molar-refractivity contribution in [2.24, 2.45) is 0 Å². The number of rotatable bonds is 7. The fourth-order valence-corrected chi connectivity index (χ4v) is 10.9. The minimum absolute atomic E-state index is 0.894. The Labute approximate surface area is 248 Å². The van der Waals surface area contributed by atoms with Crippen LogP contribution in [0.3, 0.4) is 0 Å². The van der Waals surface area contributed by atoms with Crippen molar-refractivity contribution in [3.05, 3.63) is 169 Å². The lowest BCUT2D eigenvalue weighted by atomic mass is 9.93. The lowest BCUT2D eigenvalue weighted by Crippen LogP contribution is -2.33. The maximum atomic E-state index is 6.17. The minimum atomic E-state index is -2.25. The van der Waals surface area contributed by atoms with E-state index < -0.39 is 7.26 Å². The molecule has 2 heteroatoms. The van der Waals surface area contributed by atoms with Crippen LogP contribution in [0.4, 0.5) is 0 Å². The van der Waals surface area contributed by atoms with Crippen molar-refractivity contribution in [3.63, 3.8) is 0 Å². The predicted octanol–water partition coefficient (Wildman–Crippen LogP) is 9.16. The monoisotopic (exact) mass is 559 g/mol. The first kappa shape index (κ1) is 26.2. The molecule has 0 aliphatic heterocycles. The number of ether oxygens (including phenoxy) is 1. The molecule has 0 saturated heterocycles. The standard InChI is InChI=1S/C40H32OP/c1-41-37-27-25-31-17-11-13-23-35(31)39(37)40-36-24-14-12-18-32(36)26-28-38(40)42(33-19-7-3-8-20-33,34-21-9-4-10-22-34)29-30-15-5-2-6-16-30/h2-28H,29H2,1H3/q+1. The maximum absolute atomic E-state index is 6.17. The zero-order valence-corrected chi connectivity index (χ0v) is 24.5. The molecule has 7 aromatic rings. The molecule has 0 fully saturated rings. The Kier molecular flexibility index (Phi) is 7.04. The lowest BCUT2D eigenvalue weighted by Gasteiger charge is -2.31. The fraction of sp³-hybridized carbons (Fsp3) is 0.0500. The number of hydrogen-bond donors (Lipinski definition) is 0. The van der Waals surface area contributed by atoms with Crippen LogP contribution >= 0.6 is 7.26 Å². The zero-order valence-electron chi connectivity index (χ0n) is 23.7. The van der Waals surface area contributed by atoms with Crippen molar-refractivity contribution in [1.29, 1.82) is 0 Å². The van der Waals surface area contributed by atoms with Crippen LogP contribution in [0, 0.1) is 0 Å². The Morgan fingerprint density at radius 2 is 0.929 bits per heavy atom. The van der Waals surface area contributed by atoms with E-state index in [0.717, 1.165) is 17.5 Å². The van der Waals surface area contributed by atoms with E-state index in [4.69, 9.17) is 4.74 Å². The average molecular weight is 560 g/mol. The molecule has 7 rings (SSSR count). The van der Waals surface area contributed by atoms with Gasteiger partial charge in [0.1, 0.15) is 28.9 Å². The van der Waals surface area contributed by atoms with Gasteiger partial charge in [0.25, 0.3) is 0 Å². The summed E-state index contributed by atoms with van der Waals surface area (Å²) in [7, 11) is -0.456. The molecule has 0 amide bonds. The quantitative estimate of drug-likeness (QED) is 0.177. The third-order valence-electron chi connectivity index (χ3n) is 8.34. The van der Waals surface area contributed by atoms with Gasteiger partial charge in [0.2, 0.25) is 0 Å². The van der Waals surface area contributed by atoms with E-state index in [-0.39, 0.29) is 0 Å². The second-order valence-electron chi connectivity index (χ2n) is 10.7. The minimum Gasteiger partial charge on any atom is -0.496 e. The molecule has 0 heterocycles. The molecule has 0 radical (unpaired) electrons. The van der Waals surface area contributed by atoms with E-state index in [0.29, 0.717) is 0 Å². The Balaban J connectivity index is 1.69. The second-order valence-corrected chi connectivity index (χ2v) is 14.1. The van der Waals surface area contributed by atoms with Gasteiger partial charge in [-0.1, -0.05) is 127 Å². The van der Waals surface area contributed by atoms with Crippen molar-refractivity contribution in [3.8, 4) is 16.9 Å². The molecule has 0 saturated carbocycles. The first-order chi connectivity index (χ1) is 20.8. The largest absolute Gasteiger partial charge is 0.496 e. The zero-order chi connectivity index (χ0) is 28.4. The molecule has 42 heavy (non-hydrogen) atoms. The molecule has 0 unspecified atom stereocenters. The Morgan fingerprint density at radius 3 is 1.50 bits per heavy atom. The third-order valence-corrected chi connectivity index (χ3v) is 12.7. The number of benzene rings is 7. The Hall–Kier alpha value is -4.71. The van der Waals surface area contributed by atoms with E-state index in [9.17, 15) is 0 Å². The molecule has 0 atom stereocenters. The van der Waals surface area contributed by atoms with Crippen molar-refractivity contribution >= 4 is 44.7 Å². The summed E-state index contributed by atoms with van der Waals surface area (Å²) < 4.78 is 6.17. The van der Waals surface area contributed by atoms with Crippen LogP contribution in [0.25, 0.3) is 32.7 Å². The van der Waals surface area contributed by atoms with Crippen LogP contribution in [-0.4, -0.2) is 7.11 Å². The molecule has 0 bridgehead atoms. The molecule has 0 aliphatic carbocycles. The van der Waals surface area contributed by atoms with Gasteiger partial charge in [-0.05, 0) is 63.5 Å². The topological polar surface area (TPSA) is 9.23 Å². The number of fused-ring (bicyclic) bond motifs is 2. The highest BCUT2D eigenvalue weighted by atomic mass is 31.2. The summed E-state index contributed by atoms with van der Waals surface area (Å²) in [6.07, 6.45) is 0.917. The smallest absolute Gasteiger partial charge is 0.127 e. The van der Waals surface area contributed by atoms with Gasteiger partial charge >= 0.3 is 0 Å². The Bertz CT molecular complexity index is 1940. The molecule has 0 aliphatic rings. The molecular formula is C40H32OP+. The van der Waals surface area contributed by atoms with Gasteiger partial charge in [-0.2, -0.15) is 0 Å². The SMILES string of the molecule is COc1ccc2ccccc2c1-c1c([P+](Cc2ccccc2)(c2ccccc2)c2ccccc2)ccc2ccccc12. The normalized spacial score (nSPS) is 11.5. The van der Waals surface area contributed by atoms with E-state index in [1.54, 1.807) is 7.11 Å². The molecular weight excluding hydrogens is 527 g/mol. The van der Waals surface area contributed by atoms with Gasteiger partial charge in [0.15, 0.2) is 0 Å². The number of methoxy groups -OCH3 is 1. The van der Waals surface area contributed by atoms with Gasteiger partial charge in [0, 0.05) is 11.1 Å². The first-order valence-corrected chi connectivity index (χ1v) is 16.4.